The van der Waals surface area contributed by atoms with E-state index in [9.17, 15) is 14.9 Å². The zero-order chi connectivity index (χ0) is 22.3. The number of non-ortho nitro benzene ring substituents is 1. The number of anilines is 1. The highest BCUT2D eigenvalue weighted by molar-refractivity contribution is 5.71. The van der Waals surface area contributed by atoms with Gasteiger partial charge in [0.05, 0.1) is 18.5 Å². The molecule has 2 aromatic rings. The van der Waals surface area contributed by atoms with E-state index in [-0.39, 0.29) is 22.0 Å². The van der Waals surface area contributed by atoms with Crippen LogP contribution in [0.2, 0.25) is 0 Å². The fourth-order valence-corrected chi connectivity index (χ4v) is 4.27. The standard InChI is InChI=1S/C24H31N3O4/c1-24(19-23(28)31-2,20-7-4-3-5-8-20)13-6-14-25-15-17-26(18-16-25)21-9-11-22(12-10-21)27(29)30/h3-5,7-12H,6,13-19H2,1-2H3. The topological polar surface area (TPSA) is 75.9 Å². The van der Waals surface area contributed by atoms with E-state index in [1.807, 2.05) is 30.3 Å². The predicted octanol–water partition coefficient (Wildman–Crippen LogP) is 4.02. The third-order valence-corrected chi connectivity index (χ3v) is 6.23. The van der Waals surface area contributed by atoms with Gasteiger partial charge in [0.2, 0.25) is 0 Å². The molecule has 0 bridgehead atoms. The Morgan fingerprint density at radius 3 is 2.29 bits per heavy atom. The van der Waals surface area contributed by atoms with Crippen molar-refractivity contribution in [2.75, 3.05) is 44.7 Å². The minimum atomic E-state index is -0.370. The van der Waals surface area contributed by atoms with Crippen LogP contribution in [0.4, 0.5) is 11.4 Å². The molecular weight excluding hydrogens is 394 g/mol. The lowest BCUT2D eigenvalue weighted by Gasteiger charge is -2.37. The number of piperazine rings is 1. The highest BCUT2D eigenvalue weighted by Crippen LogP contribution is 2.33. The van der Waals surface area contributed by atoms with Gasteiger partial charge in [0, 0.05) is 49.4 Å². The van der Waals surface area contributed by atoms with Gasteiger partial charge in [-0.2, -0.15) is 0 Å². The van der Waals surface area contributed by atoms with Crippen LogP contribution in [0.15, 0.2) is 54.6 Å². The molecule has 1 aliphatic heterocycles. The van der Waals surface area contributed by atoms with Crippen LogP contribution in [0.3, 0.4) is 0 Å². The number of nitrogens with zero attached hydrogens (tertiary/aromatic N) is 3. The summed E-state index contributed by atoms with van der Waals surface area (Å²) in [6.07, 6.45) is 2.29. The third-order valence-electron chi connectivity index (χ3n) is 6.23. The zero-order valence-electron chi connectivity index (χ0n) is 18.3. The van der Waals surface area contributed by atoms with E-state index in [1.165, 1.54) is 12.7 Å². The minimum Gasteiger partial charge on any atom is -0.469 e. The number of esters is 1. The fraction of sp³-hybridized carbons (Fsp3) is 0.458. The van der Waals surface area contributed by atoms with Crippen molar-refractivity contribution in [2.45, 2.75) is 31.6 Å². The molecule has 3 rings (SSSR count). The molecule has 1 aliphatic rings. The van der Waals surface area contributed by atoms with Gasteiger partial charge in [-0.05, 0) is 37.1 Å². The molecule has 0 saturated carbocycles. The molecule has 0 amide bonds. The van der Waals surface area contributed by atoms with Crippen molar-refractivity contribution in [3.8, 4) is 0 Å². The quantitative estimate of drug-likeness (QED) is 0.343. The Bertz CT molecular complexity index is 864. The first-order valence-corrected chi connectivity index (χ1v) is 10.8. The maximum atomic E-state index is 12.0. The van der Waals surface area contributed by atoms with Gasteiger partial charge in [0.15, 0.2) is 0 Å². The average molecular weight is 426 g/mol. The monoisotopic (exact) mass is 425 g/mol. The number of rotatable bonds is 9. The van der Waals surface area contributed by atoms with Crippen LogP contribution in [0.25, 0.3) is 0 Å². The molecule has 31 heavy (non-hydrogen) atoms. The average Bonchev–Trinajstić information content (AvgIpc) is 2.80. The summed E-state index contributed by atoms with van der Waals surface area (Å²) >= 11 is 0. The lowest BCUT2D eigenvalue weighted by molar-refractivity contribution is -0.384. The first-order chi connectivity index (χ1) is 14.9. The van der Waals surface area contributed by atoms with Crippen molar-refractivity contribution >= 4 is 17.3 Å². The first-order valence-electron chi connectivity index (χ1n) is 10.8. The molecule has 166 valence electrons. The van der Waals surface area contributed by atoms with Crippen LogP contribution >= 0.6 is 0 Å². The van der Waals surface area contributed by atoms with Crippen molar-refractivity contribution in [3.05, 3.63) is 70.3 Å². The van der Waals surface area contributed by atoms with E-state index in [0.29, 0.717) is 6.42 Å². The largest absolute Gasteiger partial charge is 0.469 e. The summed E-state index contributed by atoms with van der Waals surface area (Å²) in [4.78, 5) is 27.2. The molecule has 1 atom stereocenters. The molecule has 1 unspecified atom stereocenters. The van der Waals surface area contributed by atoms with Crippen LogP contribution < -0.4 is 4.90 Å². The lowest BCUT2D eigenvalue weighted by Crippen LogP contribution is -2.46. The van der Waals surface area contributed by atoms with Gasteiger partial charge >= 0.3 is 5.97 Å². The zero-order valence-corrected chi connectivity index (χ0v) is 18.3. The smallest absolute Gasteiger partial charge is 0.306 e. The van der Waals surface area contributed by atoms with Crippen molar-refractivity contribution in [1.82, 2.24) is 4.90 Å². The van der Waals surface area contributed by atoms with Crippen molar-refractivity contribution < 1.29 is 14.5 Å². The van der Waals surface area contributed by atoms with Crippen LogP contribution in [-0.2, 0) is 14.9 Å². The lowest BCUT2D eigenvalue weighted by atomic mass is 9.76. The predicted molar refractivity (Wildman–Crippen MR) is 121 cm³/mol. The SMILES string of the molecule is COC(=O)CC(C)(CCCN1CCN(c2ccc([N+](=O)[O-])cc2)CC1)c1ccccc1. The summed E-state index contributed by atoms with van der Waals surface area (Å²) in [6, 6.07) is 17.0. The summed E-state index contributed by atoms with van der Waals surface area (Å²) in [6.45, 7) is 6.83. The van der Waals surface area contributed by atoms with Crippen molar-refractivity contribution in [1.29, 1.82) is 0 Å². The molecule has 1 heterocycles. The second kappa shape index (κ2) is 10.4. The number of benzene rings is 2. The number of nitro benzene ring substituents is 1. The normalized spacial score (nSPS) is 16.5. The number of hydrogen-bond acceptors (Lipinski definition) is 6. The van der Waals surface area contributed by atoms with Gasteiger partial charge in [0.1, 0.15) is 0 Å². The fourth-order valence-electron chi connectivity index (χ4n) is 4.27. The molecule has 1 fully saturated rings. The second-order valence-corrected chi connectivity index (χ2v) is 8.39. The Morgan fingerprint density at radius 2 is 1.71 bits per heavy atom. The second-order valence-electron chi connectivity index (χ2n) is 8.39. The summed E-state index contributed by atoms with van der Waals surface area (Å²) in [5.41, 5.74) is 2.08. The molecular formula is C24H31N3O4. The maximum Gasteiger partial charge on any atom is 0.306 e. The number of carbonyl (C=O) groups is 1. The van der Waals surface area contributed by atoms with Crippen molar-refractivity contribution in [2.24, 2.45) is 0 Å². The van der Waals surface area contributed by atoms with Gasteiger partial charge < -0.3 is 9.64 Å². The Labute approximate surface area is 183 Å². The van der Waals surface area contributed by atoms with Crippen LogP contribution in [0, 0.1) is 10.1 Å². The van der Waals surface area contributed by atoms with Gasteiger partial charge in [0.25, 0.3) is 5.69 Å². The van der Waals surface area contributed by atoms with E-state index in [2.05, 4.69) is 28.9 Å². The van der Waals surface area contributed by atoms with E-state index in [4.69, 9.17) is 4.74 Å². The Balaban J connectivity index is 1.51. The Morgan fingerprint density at radius 1 is 1.06 bits per heavy atom. The van der Waals surface area contributed by atoms with Gasteiger partial charge in [-0.1, -0.05) is 37.3 Å². The molecule has 0 spiro atoms. The van der Waals surface area contributed by atoms with Crippen LogP contribution in [0.5, 0.6) is 0 Å². The molecule has 7 nitrogen and oxygen atoms in total. The van der Waals surface area contributed by atoms with Gasteiger partial charge in [-0.3, -0.25) is 19.8 Å². The summed E-state index contributed by atoms with van der Waals surface area (Å²) in [7, 11) is 1.44. The highest BCUT2D eigenvalue weighted by Gasteiger charge is 2.30. The van der Waals surface area contributed by atoms with Crippen LogP contribution in [0.1, 0.15) is 31.7 Å². The Kier molecular flexibility index (Phi) is 7.63. The molecule has 7 heteroatoms. The maximum absolute atomic E-state index is 12.0. The van der Waals surface area contributed by atoms with E-state index in [0.717, 1.165) is 51.3 Å². The van der Waals surface area contributed by atoms with Gasteiger partial charge in [-0.15, -0.1) is 0 Å². The number of hydrogen-bond donors (Lipinski definition) is 0. The number of carbonyl (C=O) groups excluding carboxylic acids is 1. The first kappa shape index (κ1) is 22.7. The van der Waals surface area contributed by atoms with Crippen molar-refractivity contribution in [3.63, 3.8) is 0 Å². The third kappa shape index (κ3) is 6.04. The highest BCUT2D eigenvalue weighted by atomic mass is 16.6. The molecule has 0 radical (unpaired) electrons. The number of ether oxygens (including phenoxy) is 1. The molecule has 0 N–H and O–H groups in total. The molecule has 1 saturated heterocycles. The summed E-state index contributed by atoms with van der Waals surface area (Å²) in [5, 5.41) is 10.8. The minimum absolute atomic E-state index is 0.121. The number of methoxy groups -OCH3 is 1. The molecule has 0 aromatic heterocycles. The number of nitro groups is 1. The molecule has 0 aliphatic carbocycles. The van der Waals surface area contributed by atoms with Gasteiger partial charge in [-0.25, -0.2) is 0 Å². The van der Waals surface area contributed by atoms with Crippen LogP contribution in [-0.4, -0.2) is 55.6 Å². The molecule has 2 aromatic carbocycles. The Hall–Kier alpha value is -2.93. The summed E-state index contributed by atoms with van der Waals surface area (Å²) in [5.74, 6) is -0.178. The van der Waals surface area contributed by atoms with E-state index in [1.54, 1.807) is 12.1 Å². The van der Waals surface area contributed by atoms with E-state index < -0.39 is 0 Å². The van der Waals surface area contributed by atoms with E-state index >= 15 is 0 Å². The summed E-state index contributed by atoms with van der Waals surface area (Å²) < 4.78 is 4.95.